The van der Waals surface area contributed by atoms with Crippen molar-refractivity contribution in [2.24, 2.45) is 0 Å². The number of anilines is 1. The van der Waals surface area contributed by atoms with Crippen LogP contribution >= 0.6 is 0 Å². The third-order valence-electron chi connectivity index (χ3n) is 4.49. The first-order valence-electron chi connectivity index (χ1n) is 9.85. The van der Waals surface area contributed by atoms with E-state index in [0.29, 0.717) is 36.7 Å². The number of nitrogens with one attached hydrogen (secondary N) is 1. The molecule has 3 rings (SSSR count). The smallest absolute Gasteiger partial charge is 0.266 e. The summed E-state index contributed by atoms with van der Waals surface area (Å²) < 4.78 is 12.1. The van der Waals surface area contributed by atoms with Gasteiger partial charge in [-0.3, -0.25) is 9.59 Å². The van der Waals surface area contributed by atoms with E-state index < -0.39 is 0 Å². The average molecular weight is 407 g/mol. The van der Waals surface area contributed by atoms with Crippen molar-refractivity contribution in [1.82, 2.24) is 9.78 Å². The molecule has 0 aliphatic heterocycles. The Morgan fingerprint density at radius 2 is 1.83 bits per heavy atom. The molecule has 0 spiro atoms. The number of hydrogen-bond donors (Lipinski definition) is 1. The summed E-state index contributed by atoms with van der Waals surface area (Å²) in [7, 11) is 1.61. The van der Waals surface area contributed by atoms with Crippen molar-refractivity contribution >= 4 is 11.6 Å². The van der Waals surface area contributed by atoms with Gasteiger partial charge >= 0.3 is 0 Å². The molecule has 3 aromatic rings. The number of methoxy groups -OCH3 is 1. The molecule has 0 saturated heterocycles. The van der Waals surface area contributed by atoms with Crippen molar-refractivity contribution in [2.45, 2.75) is 26.3 Å². The molecule has 156 valence electrons. The van der Waals surface area contributed by atoms with Gasteiger partial charge in [-0.2, -0.15) is 5.10 Å². The Morgan fingerprint density at radius 3 is 2.57 bits per heavy atom. The molecule has 7 heteroatoms. The molecule has 1 heterocycles. The van der Waals surface area contributed by atoms with Crippen molar-refractivity contribution in [3.63, 3.8) is 0 Å². The summed E-state index contributed by atoms with van der Waals surface area (Å²) in [6.07, 6.45) is 0.753. The SMILES string of the molecule is CCOc1ccccc1NC(=O)CCCn1nc(-c2ccc(OC)cc2)ccc1=O. The van der Waals surface area contributed by atoms with Crippen LogP contribution in [0.4, 0.5) is 5.69 Å². The zero-order valence-electron chi connectivity index (χ0n) is 17.1. The molecule has 1 aromatic heterocycles. The molecular formula is C23H25N3O4. The van der Waals surface area contributed by atoms with Crippen LogP contribution in [0.5, 0.6) is 11.5 Å². The van der Waals surface area contributed by atoms with Gasteiger partial charge in [-0.1, -0.05) is 12.1 Å². The molecule has 7 nitrogen and oxygen atoms in total. The molecule has 0 atom stereocenters. The number of carbonyl (C=O) groups is 1. The average Bonchev–Trinajstić information content (AvgIpc) is 2.77. The summed E-state index contributed by atoms with van der Waals surface area (Å²) >= 11 is 0. The van der Waals surface area contributed by atoms with Crippen molar-refractivity contribution < 1.29 is 14.3 Å². The maximum atomic E-state index is 12.3. The Morgan fingerprint density at radius 1 is 1.07 bits per heavy atom. The number of nitrogens with zero attached hydrogens (tertiary/aromatic N) is 2. The van der Waals surface area contributed by atoms with E-state index in [-0.39, 0.29) is 17.9 Å². The van der Waals surface area contributed by atoms with Gasteiger partial charge in [-0.15, -0.1) is 0 Å². The molecule has 0 aliphatic rings. The number of rotatable bonds is 9. The van der Waals surface area contributed by atoms with Gasteiger partial charge in [0.15, 0.2) is 0 Å². The van der Waals surface area contributed by atoms with Crippen LogP contribution in [-0.4, -0.2) is 29.4 Å². The molecular weight excluding hydrogens is 382 g/mol. The monoisotopic (exact) mass is 407 g/mol. The first kappa shape index (κ1) is 21.1. The fourth-order valence-corrected chi connectivity index (χ4v) is 2.98. The van der Waals surface area contributed by atoms with Gasteiger partial charge in [0.1, 0.15) is 11.5 Å². The van der Waals surface area contributed by atoms with Crippen LogP contribution in [0.1, 0.15) is 19.8 Å². The van der Waals surface area contributed by atoms with Crippen LogP contribution in [0.3, 0.4) is 0 Å². The van der Waals surface area contributed by atoms with Crippen molar-refractivity contribution in [2.75, 3.05) is 19.0 Å². The number of para-hydroxylation sites is 2. The normalized spacial score (nSPS) is 10.5. The molecule has 0 radical (unpaired) electrons. The highest BCUT2D eigenvalue weighted by Gasteiger charge is 2.09. The lowest BCUT2D eigenvalue weighted by atomic mass is 10.1. The van der Waals surface area contributed by atoms with E-state index in [4.69, 9.17) is 9.47 Å². The summed E-state index contributed by atoms with van der Waals surface area (Å²) in [6.45, 7) is 2.76. The second-order valence-electron chi connectivity index (χ2n) is 6.59. The van der Waals surface area contributed by atoms with Crippen molar-refractivity contribution in [1.29, 1.82) is 0 Å². The Labute approximate surface area is 175 Å². The van der Waals surface area contributed by atoms with E-state index in [0.717, 1.165) is 11.3 Å². The predicted octanol–water partition coefficient (Wildman–Crippen LogP) is 3.74. The third-order valence-corrected chi connectivity index (χ3v) is 4.49. The number of benzene rings is 2. The summed E-state index contributed by atoms with van der Waals surface area (Å²) in [6, 6.07) is 18.0. The zero-order valence-corrected chi connectivity index (χ0v) is 17.1. The largest absolute Gasteiger partial charge is 0.497 e. The van der Waals surface area contributed by atoms with E-state index in [2.05, 4.69) is 10.4 Å². The molecule has 1 N–H and O–H groups in total. The molecule has 0 aliphatic carbocycles. The van der Waals surface area contributed by atoms with Crippen molar-refractivity contribution in [3.8, 4) is 22.8 Å². The van der Waals surface area contributed by atoms with Gasteiger partial charge in [0.25, 0.3) is 5.56 Å². The van der Waals surface area contributed by atoms with E-state index in [1.165, 1.54) is 10.7 Å². The number of carbonyl (C=O) groups excluding carboxylic acids is 1. The highest BCUT2D eigenvalue weighted by atomic mass is 16.5. The molecule has 1 amide bonds. The standard InChI is InChI=1S/C23H25N3O4/c1-3-30-21-8-5-4-7-20(21)24-22(27)9-6-16-26-23(28)15-14-19(25-26)17-10-12-18(29-2)13-11-17/h4-5,7-8,10-15H,3,6,9,16H2,1-2H3,(H,24,27). The second kappa shape index (κ2) is 10.2. The maximum Gasteiger partial charge on any atom is 0.266 e. The Kier molecular flexibility index (Phi) is 7.21. The topological polar surface area (TPSA) is 82.4 Å². The molecule has 0 bridgehead atoms. The number of ether oxygens (including phenoxy) is 2. The minimum Gasteiger partial charge on any atom is -0.497 e. The lowest BCUT2D eigenvalue weighted by Crippen LogP contribution is -2.23. The summed E-state index contributed by atoms with van der Waals surface area (Å²) in [4.78, 5) is 24.5. The first-order chi connectivity index (χ1) is 14.6. The van der Waals surface area contributed by atoms with E-state index in [1.54, 1.807) is 19.2 Å². The molecule has 0 unspecified atom stereocenters. The lowest BCUT2D eigenvalue weighted by Gasteiger charge is -2.11. The minimum absolute atomic E-state index is 0.137. The van der Waals surface area contributed by atoms with Gasteiger partial charge in [-0.25, -0.2) is 4.68 Å². The van der Waals surface area contributed by atoms with E-state index in [1.807, 2.05) is 49.4 Å². The highest BCUT2D eigenvalue weighted by molar-refractivity contribution is 5.92. The van der Waals surface area contributed by atoms with Gasteiger partial charge in [-0.05, 0) is 55.8 Å². The Hall–Kier alpha value is -3.61. The highest BCUT2D eigenvalue weighted by Crippen LogP contribution is 2.24. The van der Waals surface area contributed by atoms with Gasteiger partial charge < -0.3 is 14.8 Å². The van der Waals surface area contributed by atoms with Gasteiger partial charge in [0.2, 0.25) is 5.91 Å². The van der Waals surface area contributed by atoms with Gasteiger partial charge in [0.05, 0.1) is 25.1 Å². The van der Waals surface area contributed by atoms with Crippen molar-refractivity contribution in [3.05, 3.63) is 71.0 Å². The minimum atomic E-state index is -0.200. The maximum absolute atomic E-state index is 12.3. The fourth-order valence-electron chi connectivity index (χ4n) is 2.98. The number of amides is 1. The lowest BCUT2D eigenvalue weighted by molar-refractivity contribution is -0.116. The van der Waals surface area contributed by atoms with Crippen LogP contribution < -0.4 is 20.3 Å². The number of aromatic nitrogens is 2. The van der Waals surface area contributed by atoms with E-state index in [9.17, 15) is 9.59 Å². The number of aryl methyl sites for hydroxylation is 1. The summed E-state index contributed by atoms with van der Waals surface area (Å²) in [5, 5.41) is 7.29. The van der Waals surface area contributed by atoms with Crippen LogP contribution in [-0.2, 0) is 11.3 Å². The van der Waals surface area contributed by atoms with Crippen LogP contribution in [0.25, 0.3) is 11.3 Å². The molecule has 0 saturated carbocycles. The van der Waals surface area contributed by atoms with Gasteiger partial charge in [0, 0.05) is 24.6 Å². The van der Waals surface area contributed by atoms with Crippen LogP contribution in [0.2, 0.25) is 0 Å². The third kappa shape index (κ3) is 5.47. The predicted molar refractivity (Wildman–Crippen MR) is 116 cm³/mol. The molecule has 0 fully saturated rings. The number of hydrogen-bond acceptors (Lipinski definition) is 5. The summed E-state index contributed by atoms with van der Waals surface area (Å²) in [5.74, 6) is 1.25. The molecule has 2 aromatic carbocycles. The zero-order chi connectivity index (χ0) is 21.3. The summed E-state index contributed by atoms with van der Waals surface area (Å²) in [5.41, 5.74) is 2.01. The van der Waals surface area contributed by atoms with E-state index >= 15 is 0 Å². The first-order valence-corrected chi connectivity index (χ1v) is 9.85. The quantitative estimate of drug-likeness (QED) is 0.584. The Balaban J connectivity index is 1.60. The second-order valence-corrected chi connectivity index (χ2v) is 6.59. The van der Waals surface area contributed by atoms with Crippen LogP contribution in [0.15, 0.2) is 65.5 Å². The Bertz CT molecular complexity index is 1040. The fraction of sp³-hybridized carbons (Fsp3) is 0.261. The van der Waals surface area contributed by atoms with Crippen LogP contribution in [0, 0.1) is 0 Å². The molecule has 30 heavy (non-hydrogen) atoms.